The molecule has 2 rings (SSSR count). The van der Waals surface area contributed by atoms with Gasteiger partial charge in [-0.3, -0.25) is 0 Å². The SMILES string of the molecule is CC1(C)OB(c2ccc[nH]c2=S)OC1(C)C. The zero-order valence-electron chi connectivity index (χ0n) is 10.0. The lowest BCUT2D eigenvalue weighted by molar-refractivity contribution is 0.00578. The second-order valence-electron chi connectivity index (χ2n) is 5.04. The van der Waals surface area contributed by atoms with E-state index in [2.05, 4.69) is 4.98 Å². The number of hydrogen-bond donors (Lipinski definition) is 1. The van der Waals surface area contributed by atoms with Gasteiger partial charge in [-0.15, -0.1) is 0 Å². The molecule has 1 fully saturated rings. The third-order valence-electron chi connectivity index (χ3n) is 3.36. The molecule has 0 atom stereocenters. The van der Waals surface area contributed by atoms with Crippen LogP contribution >= 0.6 is 12.2 Å². The number of aromatic nitrogens is 1. The molecule has 1 aromatic heterocycles. The fourth-order valence-electron chi connectivity index (χ4n) is 1.59. The first kappa shape index (κ1) is 11.8. The average Bonchev–Trinajstić information content (AvgIpc) is 2.36. The summed E-state index contributed by atoms with van der Waals surface area (Å²) >= 11 is 5.22. The Bertz CT molecular complexity index is 439. The number of hydrogen-bond acceptors (Lipinski definition) is 3. The maximum atomic E-state index is 5.92. The normalized spacial score (nSPS) is 22.4. The zero-order chi connectivity index (χ0) is 12.0. The van der Waals surface area contributed by atoms with Crippen molar-refractivity contribution in [1.29, 1.82) is 0 Å². The smallest absolute Gasteiger partial charge is 0.399 e. The van der Waals surface area contributed by atoms with E-state index < -0.39 is 0 Å². The largest absolute Gasteiger partial charge is 0.497 e. The van der Waals surface area contributed by atoms with E-state index in [4.69, 9.17) is 21.5 Å². The van der Waals surface area contributed by atoms with E-state index in [1.807, 2.05) is 39.8 Å². The average molecular weight is 237 g/mol. The summed E-state index contributed by atoms with van der Waals surface area (Å²) in [4.78, 5) is 2.99. The molecule has 0 saturated carbocycles. The lowest BCUT2D eigenvalue weighted by atomic mass is 9.80. The van der Waals surface area contributed by atoms with Gasteiger partial charge in [0, 0.05) is 11.7 Å². The quantitative estimate of drug-likeness (QED) is 0.599. The van der Waals surface area contributed by atoms with E-state index in [1.54, 1.807) is 6.20 Å². The molecule has 0 bridgehead atoms. The van der Waals surface area contributed by atoms with Crippen LogP contribution in [0.5, 0.6) is 0 Å². The number of H-pyrrole nitrogens is 1. The molecule has 1 aliphatic rings. The fraction of sp³-hybridized carbons (Fsp3) is 0.545. The van der Waals surface area contributed by atoms with Crippen molar-refractivity contribution in [3.63, 3.8) is 0 Å². The van der Waals surface area contributed by atoms with Gasteiger partial charge in [-0.25, -0.2) is 0 Å². The van der Waals surface area contributed by atoms with Gasteiger partial charge in [-0.2, -0.15) is 0 Å². The van der Waals surface area contributed by atoms with Crippen molar-refractivity contribution in [2.75, 3.05) is 0 Å². The first-order valence-electron chi connectivity index (χ1n) is 5.37. The molecule has 2 heterocycles. The molecular formula is C11H16BNO2S. The van der Waals surface area contributed by atoms with Gasteiger partial charge >= 0.3 is 7.12 Å². The molecule has 0 unspecified atom stereocenters. The summed E-state index contributed by atoms with van der Waals surface area (Å²) in [6, 6.07) is 3.83. The number of rotatable bonds is 1. The van der Waals surface area contributed by atoms with Gasteiger partial charge < -0.3 is 14.3 Å². The summed E-state index contributed by atoms with van der Waals surface area (Å²) in [5.74, 6) is 0. The molecule has 5 heteroatoms. The van der Waals surface area contributed by atoms with Crippen molar-refractivity contribution >= 4 is 24.8 Å². The highest BCUT2D eigenvalue weighted by Gasteiger charge is 2.52. The Morgan fingerprint density at radius 1 is 1.19 bits per heavy atom. The van der Waals surface area contributed by atoms with E-state index >= 15 is 0 Å². The van der Waals surface area contributed by atoms with Gasteiger partial charge in [-0.05, 0) is 33.8 Å². The van der Waals surface area contributed by atoms with Gasteiger partial charge in [0.1, 0.15) is 4.64 Å². The number of pyridine rings is 1. The molecule has 1 saturated heterocycles. The van der Waals surface area contributed by atoms with Crippen molar-refractivity contribution in [1.82, 2.24) is 4.98 Å². The summed E-state index contributed by atoms with van der Waals surface area (Å²) in [5.41, 5.74) is 0.237. The number of aromatic amines is 1. The minimum absolute atomic E-state index is 0.324. The van der Waals surface area contributed by atoms with Gasteiger partial charge in [-0.1, -0.05) is 18.3 Å². The van der Waals surface area contributed by atoms with E-state index in [-0.39, 0.29) is 18.3 Å². The van der Waals surface area contributed by atoms with Gasteiger partial charge in [0.25, 0.3) is 0 Å². The highest BCUT2D eigenvalue weighted by Crippen LogP contribution is 2.36. The Hall–Kier alpha value is -0.645. The van der Waals surface area contributed by atoms with Crippen LogP contribution in [0.25, 0.3) is 0 Å². The van der Waals surface area contributed by atoms with Crippen molar-refractivity contribution in [2.24, 2.45) is 0 Å². The van der Waals surface area contributed by atoms with Crippen LogP contribution in [0, 0.1) is 4.64 Å². The highest BCUT2D eigenvalue weighted by atomic mass is 32.1. The molecule has 0 aliphatic carbocycles. The summed E-state index contributed by atoms with van der Waals surface area (Å²) in [5, 5.41) is 0. The minimum atomic E-state index is -0.380. The van der Waals surface area contributed by atoms with Crippen LogP contribution in [0.15, 0.2) is 18.3 Å². The Kier molecular flexibility index (Phi) is 2.73. The Labute approximate surface area is 101 Å². The predicted molar refractivity (Wildman–Crippen MR) is 67.3 cm³/mol. The van der Waals surface area contributed by atoms with Crippen molar-refractivity contribution in [3.8, 4) is 0 Å². The van der Waals surface area contributed by atoms with Crippen molar-refractivity contribution in [3.05, 3.63) is 23.0 Å². The van der Waals surface area contributed by atoms with Crippen LogP contribution in [0.4, 0.5) is 0 Å². The fourth-order valence-corrected chi connectivity index (χ4v) is 1.82. The maximum absolute atomic E-state index is 5.92. The second-order valence-corrected chi connectivity index (χ2v) is 5.45. The second kappa shape index (κ2) is 3.69. The van der Waals surface area contributed by atoms with E-state index in [9.17, 15) is 0 Å². The molecule has 0 amide bonds. The Morgan fingerprint density at radius 2 is 1.75 bits per heavy atom. The standard InChI is InChI=1S/C11H16BNO2S/c1-10(2)11(3,4)15-12(14-10)8-6-5-7-13-9(8)16/h5-7H,1-4H3,(H,13,16). The van der Waals surface area contributed by atoms with Crippen LogP contribution in [0.2, 0.25) is 0 Å². The van der Waals surface area contributed by atoms with Crippen LogP contribution < -0.4 is 5.46 Å². The van der Waals surface area contributed by atoms with Crippen LogP contribution in [0.1, 0.15) is 27.7 Å². The lowest BCUT2D eigenvalue weighted by Gasteiger charge is -2.32. The Balaban J connectivity index is 2.35. The molecular weight excluding hydrogens is 221 g/mol. The van der Waals surface area contributed by atoms with Gasteiger partial charge in [0.15, 0.2) is 0 Å². The maximum Gasteiger partial charge on any atom is 0.497 e. The van der Waals surface area contributed by atoms with E-state index in [0.717, 1.165) is 5.46 Å². The topological polar surface area (TPSA) is 34.2 Å². The molecule has 16 heavy (non-hydrogen) atoms. The van der Waals surface area contributed by atoms with Crippen molar-refractivity contribution < 1.29 is 9.31 Å². The van der Waals surface area contributed by atoms with E-state index in [1.165, 1.54) is 0 Å². The third kappa shape index (κ3) is 1.83. The first-order chi connectivity index (χ1) is 7.33. The van der Waals surface area contributed by atoms with Gasteiger partial charge in [0.2, 0.25) is 0 Å². The molecule has 1 N–H and O–H groups in total. The lowest BCUT2D eigenvalue weighted by Crippen LogP contribution is -2.41. The Morgan fingerprint density at radius 3 is 2.25 bits per heavy atom. The molecule has 3 nitrogen and oxygen atoms in total. The first-order valence-corrected chi connectivity index (χ1v) is 5.77. The van der Waals surface area contributed by atoms with Gasteiger partial charge in [0.05, 0.1) is 11.2 Å². The third-order valence-corrected chi connectivity index (χ3v) is 3.71. The molecule has 1 aromatic rings. The van der Waals surface area contributed by atoms with E-state index in [0.29, 0.717) is 4.64 Å². The summed E-state index contributed by atoms with van der Waals surface area (Å²) < 4.78 is 12.5. The van der Waals surface area contributed by atoms with Crippen molar-refractivity contribution in [2.45, 2.75) is 38.9 Å². The molecule has 0 spiro atoms. The zero-order valence-corrected chi connectivity index (χ0v) is 10.9. The molecule has 0 radical (unpaired) electrons. The molecule has 1 aliphatic heterocycles. The molecule has 0 aromatic carbocycles. The van der Waals surface area contributed by atoms with Crippen LogP contribution in [0.3, 0.4) is 0 Å². The minimum Gasteiger partial charge on any atom is -0.399 e. The molecule has 86 valence electrons. The predicted octanol–water partition coefficient (Wildman–Crippen LogP) is 2.04. The van der Waals surface area contributed by atoms with Crippen LogP contribution in [-0.4, -0.2) is 23.3 Å². The monoisotopic (exact) mass is 237 g/mol. The summed E-state index contributed by atoms with van der Waals surface area (Å²) in [7, 11) is -0.380. The highest BCUT2D eigenvalue weighted by molar-refractivity contribution is 7.71. The van der Waals surface area contributed by atoms with Crippen LogP contribution in [-0.2, 0) is 9.31 Å². The summed E-state index contributed by atoms with van der Waals surface area (Å²) in [6.45, 7) is 8.12. The summed E-state index contributed by atoms with van der Waals surface area (Å²) in [6.07, 6.45) is 1.80. The number of nitrogens with one attached hydrogen (secondary N) is 1.